The fraction of sp³-hybridized carbons (Fsp3) is 0.556. The molecule has 1 atom stereocenters. The summed E-state index contributed by atoms with van der Waals surface area (Å²) in [7, 11) is 1.95. The molecule has 0 aromatic carbocycles. The van der Waals surface area contributed by atoms with Crippen LogP contribution in [0.3, 0.4) is 0 Å². The predicted octanol–water partition coefficient (Wildman–Crippen LogP) is 0.600. The predicted molar refractivity (Wildman–Crippen MR) is 65.2 cm³/mol. The molecule has 0 saturated carbocycles. The first-order valence-corrected chi connectivity index (χ1v) is 5.82. The van der Waals surface area contributed by atoms with E-state index in [-0.39, 0.29) is 5.56 Å². The van der Waals surface area contributed by atoms with Gasteiger partial charge in [0.05, 0.1) is 19.0 Å². The zero-order valence-corrected chi connectivity index (χ0v) is 10.5. The third-order valence-corrected chi connectivity index (χ3v) is 3.54. The summed E-state index contributed by atoms with van der Waals surface area (Å²) < 4.78 is 5.94. The molecule has 5 nitrogen and oxygen atoms in total. The van der Waals surface area contributed by atoms with Crippen LogP contribution in [-0.2, 0) is 4.74 Å². The first kappa shape index (κ1) is 10.9. The molecule has 0 amide bonds. The molecule has 2 rings (SSSR count). The molecule has 1 N–H and O–H groups in total. The molecule has 0 aliphatic carbocycles. The Balaban J connectivity index is 2.28. The highest BCUT2D eigenvalue weighted by atomic mass is 127. The number of nitrogens with one attached hydrogen (secondary N) is 1. The smallest absolute Gasteiger partial charge is 0.266 e. The summed E-state index contributed by atoms with van der Waals surface area (Å²) in [6.45, 7) is 1.50. The Bertz CT molecular complexity index is 401. The van der Waals surface area contributed by atoms with Gasteiger partial charge in [-0.25, -0.2) is 4.98 Å². The number of H-pyrrole nitrogens is 1. The molecule has 0 radical (unpaired) electrons. The van der Waals surface area contributed by atoms with Gasteiger partial charge in [0.15, 0.2) is 0 Å². The van der Waals surface area contributed by atoms with E-state index < -0.39 is 0 Å². The Labute approximate surface area is 101 Å². The molecule has 1 fully saturated rings. The second kappa shape index (κ2) is 4.48. The molecule has 0 spiro atoms. The Morgan fingerprint density at radius 2 is 2.53 bits per heavy atom. The van der Waals surface area contributed by atoms with E-state index in [0.29, 0.717) is 16.2 Å². The van der Waals surface area contributed by atoms with Gasteiger partial charge in [-0.15, -0.1) is 0 Å². The van der Waals surface area contributed by atoms with Crippen molar-refractivity contribution in [1.82, 2.24) is 9.97 Å². The van der Waals surface area contributed by atoms with Crippen molar-refractivity contribution in [3.63, 3.8) is 0 Å². The third-order valence-electron chi connectivity index (χ3n) is 2.57. The molecule has 1 aromatic heterocycles. The van der Waals surface area contributed by atoms with Crippen LogP contribution in [0.15, 0.2) is 11.1 Å². The van der Waals surface area contributed by atoms with E-state index in [2.05, 4.69) is 9.97 Å². The first-order valence-electron chi connectivity index (χ1n) is 4.74. The van der Waals surface area contributed by atoms with Crippen LogP contribution >= 0.6 is 22.6 Å². The number of anilines is 1. The number of halogens is 1. The third kappa shape index (κ3) is 2.15. The molecule has 1 aliphatic rings. The fourth-order valence-corrected chi connectivity index (χ4v) is 2.30. The van der Waals surface area contributed by atoms with Crippen LogP contribution in [0.1, 0.15) is 6.42 Å². The van der Waals surface area contributed by atoms with Crippen LogP contribution < -0.4 is 10.5 Å². The molecule has 1 aromatic rings. The maximum Gasteiger partial charge on any atom is 0.266 e. The van der Waals surface area contributed by atoms with Crippen molar-refractivity contribution < 1.29 is 4.74 Å². The molecule has 2 heterocycles. The maximum atomic E-state index is 11.4. The highest BCUT2D eigenvalue weighted by Gasteiger charge is 2.23. The van der Waals surface area contributed by atoms with Gasteiger partial charge in [-0.3, -0.25) is 4.79 Å². The quantitative estimate of drug-likeness (QED) is 0.811. The zero-order chi connectivity index (χ0) is 10.8. The van der Waals surface area contributed by atoms with Crippen molar-refractivity contribution >= 4 is 28.4 Å². The lowest BCUT2D eigenvalue weighted by Crippen LogP contribution is -2.34. The molecule has 1 unspecified atom stereocenters. The standard InChI is InChI=1S/C9H12IN3O2/c1-13(6-2-3-15-4-6)8-7(10)9(14)12-5-11-8/h5-6H,2-4H2,1H3,(H,11,12,14). The molecule has 1 aliphatic heterocycles. The molecular weight excluding hydrogens is 309 g/mol. The van der Waals surface area contributed by atoms with Gasteiger partial charge in [0.1, 0.15) is 9.39 Å². The van der Waals surface area contributed by atoms with Gasteiger partial charge in [0.25, 0.3) is 5.56 Å². The number of rotatable bonds is 2. The van der Waals surface area contributed by atoms with E-state index in [1.807, 2.05) is 34.5 Å². The van der Waals surface area contributed by atoms with E-state index >= 15 is 0 Å². The maximum absolute atomic E-state index is 11.4. The molecule has 82 valence electrons. The second-order valence-electron chi connectivity index (χ2n) is 3.50. The summed E-state index contributed by atoms with van der Waals surface area (Å²) in [5.41, 5.74) is -0.0913. The van der Waals surface area contributed by atoms with E-state index in [1.54, 1.807) is 0 Å². The van der Waals surface area contributed by atoms with Gasteiger partial charge in [0, 0.05) is 13.7 Å². The van der Waals surface area contributed by atoms with Gasteiger partial charge < -0.3 is 14.6 Å². The average molecular weight is 321 g/mol. The number of aromatic amines is 1. The lowest BCUT2D eigenvalue weighted by Gasteiger charge is -2.24. The van der Waals surface area contributed by atoms with Crippen LogP contribution in [0.2, 0.25) is 0 Å². The van der Waals surface area contributed by atoms with Gasteiger partial charge in [0.2, 0.25) is 0 Å². The lowest BCUT2D eigenvalue weighted by molar-refractivity contribution is 0.193. The van der Waals surface area contributed by atoms with Crippen molar-refractivity contribution in [2.75, 3.05) is 25.2 Å². The van der Waals surface area contributed by atoms with Crippen LogP contribution in [0, 0.1) is 3.57 Å². The van der Waals surface area contributed by atoms with Crippen LogP contribution in [0.5, 0.6) is 0 Å². The number of aromatic nitrogens is 2. The zero-order valence-electron chi connectivity index (χ0n) is 8.36. The molecule has 1 saturated heterocycles. The fourth-order valence-electron chi connectivity index (χ4n) is 1.62. The van der Waals surface area contributed by atoms with Crippen molar-refractivity contribution in [1.29, 1.82) is 0 Å². The summed E-state index contributed by atoms with van der Waals surface area (Å²) in [4.78, 5) is 20.2. The SMILES string of the molecule is CN(c1nc[nH]c(=O)c1I)C1CCOC1. The summed E-state index contributed by atoms with van der Waals surface area (Å²) in [5, 5.41) is 0. The van der Waals surface area contributed by atoms with Crippen molar-refractivity contribution in [3.05, 3.63) is 20.3 Å². The summed E-state index contributed by atoms with van der Waals surface area (Å²) in [6, 6.07) is 0.327. The topological polar surface area (TPSA) is 58.2 Å². The van der Waals surface area contributed by atoms with Crippen LogP contribution in [-0.4, -0.2) is 36.3 Å². The van der Waals surface area contributed by atoms with E-state index in [1.165, 1.54) is 6.33 Å². The molecule has 0 bridgehead atoms. The van der Waals surface area contributed by atoms with E-state index in [0.717, 1.165) is 18.8 Å². The number of nitrogens with zero attached hydrogens (tertiary/aromatic N) is 2. The highest BCUT2D eigenvalue weighted by Crippen LogP contribution is 2.20. The minimum atomic E-state index is -0.0913. The van der Waals surface area contributed by atoms with Crippen molar-refractivity contribution in [3.8, 4) is 0 Å². The normalized spacial score (nSPS) is 20.5. The summed E-state index contributed by atoms with van der Waals surface area (Å²) in [6.07, 6.45) is 2.42. The minimum absolute atomic E-state index is 0.0913. The largest absolute Gasteiger partial charge is 0.379 e. The summed E-state index contributed by atoms with van der Waals surface area (Å²) in [5.74, 6) is 0.731. The van der Waals surface area contributed by atoms with Gasteiger partial charge in [-0.05, 0) is 29.0 Å². The minimum Gasteiger partial charge on any atom is -0.379 e. The second-order valence-corrected chi connectivity index (χ2v) is 4.58. The van der Waals surface area contributed by atoms with E-state index in [9.17, 15) is 4.79 Å². The molecular formula is C9H12IN3O2. The molecule has 15 heavy (non-hydrogen) atoms. The average Bonchev–Trinajstić information content (AvgIpc) is 2.74. The number of hydrogen-bond donors (Lipinski definition) is 1. The number of likely N-dealkylation sites (N-methyl/N-ethyl adjacent to an activating group) is 1. The van der Waals surface area contributed by atoms with Crippen LogP contribution in [0.25, 0.3) is 0 Å². The van der Waals surface area contributed by atoms with Gasteiger partial charge >= 0.3 is 0 Å². The Morgan fingerprint density at radius 3 is 3.20 bits per heavy atom. The summed E-state index contributed by atoms with van der Waals surface area (Å²) >= 11 is 2.02. The Morgan fingerprint density at radius 1 is 1.73 bits per heavy atom. The van der Waals surface area contributed by atoms with Crippen molar-refractivity contribution in [2.45, 2.75) is 12.5 Å². The van der Waals surface area contributed by atoms with E-state index in [4.69, 9.17) is 4.74 Å². The number of hydrogen-bond acceptors (Lipinski definition) is 4. The van der Waals surface area contributed by atoms with Gasteiger partial charge in [-0.2, -0.15) is 0 Å². The van der Waals surface area contributed by atoms with Gasteiger partial charge in [-0.1, -0.05) is 0 Å². The number of ether oxygens (including phenoxy) is 1. The monoisotopic (exact) mass is 321 g/mol. The highest BCUT2D eigenvalue weighted by molar-refractivity contribution is 14.1. The first-order chi connectivity index (χ1) is 7.20. The van der Waals surface area contributed by atoms with Crippen molar-refractivity contribution in [2.24, 2.45) is 0 Å². The Kier molecular flexibility index (Phi) is 3.25. The van der Waals surface area contributed by atoms with Crippen LogP contribution in [0.4, 0.5) is 5.82 Å². The lowest BCUT2D eigenvalue weighted by atomic mass is 10.2. The molecule has 6 heteroatoms. The Hall–Kier alpha value is -0.630.